The summed E-state index contributed by atoms with van der Waals surface area (Å²) in [5.41, 5.74) is 0. The van der Waals surface area contributed by atoms with E-state index in [1.807, 2.05) is 41.5 Å². The van der Waals surface area contributed by atoms with E-state index < -0.39 is 168 Å². The van der Waals surface area contributed by atoms with Gasteiger partial charge in [0, 0.05) is 61.9 Å². The van der Waals surface area contributed by atoms with E-state index in [2.05, 4.69) is 21.3 Å². The van der Waals surface area contributed by atoms with E-state index in [0.29, 0.717) is 0 Å². The molecule has 0 aromatic heterocycles. The molecule has 12 atom stereocenters. The number of aliphatic hydroxyl groups is 2. The fourth-order valence-corrected chi connectivity index (χ4v) is 10.3. The van der Waals surface area contributed by atoms with Crippen LogP contribution in [0.3, 0.4) is 0 Å². The number of nitrogens with one attached hydrogen (secondary N) is 4. The molecular weight excluding hydrogens is 1060 g/mol. The maximum Gasteiger partial charge on any atom is 0.246 e. The Kier molecular flexibility index (Phi) is 29.6. The summed E-state index contributed by atoms with van der Waals surface area (Å²) in [6.07, 6.45) is -1.31. The van der Waals surface area contributed by atoms with Crippen LogP contribution in [0, 0.1) is 41.4 Å². The molecule has 470 valence electrons. The third-order valence-electron chi connectivity index (χ3n) is 15.5. The lowest BCUT2D eigenvalue weighted by Gasteiger charge is -2.41. The molecule has 0 aromatic rings. The Morgan fingerprint density at radius 1 is 0.439 bits per heavy atom. The van der Waals surface area contributed by atoms with E-state index >= 15 is 0 Å². The third kappa shape index (κ3) is 19.6. The van der Waals surface area contributed by atoms with Gasteiger partial charge in [-0.2, -0.15) is 0 Å². The lowest BCUT2D eigenvalue weighted by molar-refractivity contribution is -0.157. The van der Waals surface area contributed by atoms with Crippen molar-refractivity contribution in [2.75, 3.05) is 62.5 Å². The fourth-order valence-electron chi connectivity index (χ4n) is 10.3. The van der Waals surface area contributed by atoms with Gasteiger partial charge in [-0.15, -0.1) is 0 Å². The van der Waals surface area contributed by atoms with Crippen molar-refractivity contribution in [1.29, 1.82) is 0 Å². The van der Waals surface area contributed by atoms with Gasteiger partial charge < -0.3 is 65.8 Å². The van der Waals surface area contributed by atoms with Crippen molar-refractivity contribution in [2.45, 2.75) is 203 Å². The summed E-state index contributed by atoms with van der Waals surface area (Å²) in [5, 5.41) is 32.7. The summed E-state index contributed by atoms with van der Waals surface area (Å²) >= 11 is 0. The second kappa shape index (κ2) is 32.8. The Morgan fingerprint density at radius 3 is 1.29 bits per heavy atom. The molecule has 0 radical (unpaired) electrons. The van der Waals surface area contributed by atoms with Gasteiger partial charge in [-0.1, -0.05) is 96.9 Å². The zero-order valence-electron chi connectivity index (χ0n) is 53.7. The smallest absolute Gasteiger partial charge is 0.246 e. The summed E-state index contributed by atoms with van der Waals surface area (Å²) in [5.74, 6) is -11.0. The van der Waals surface area contributed by atoms with Gasteiger partial charge in [-0.3, -0.25) is 52.7 Å². The molecule has 82 heavy (non-hydrogen) atoms. The molecule has 0 saturated carbocycles. The number of likely N-dealkylation sites (N-methyl/N-ethyl adjacent to an activating group) is 7. The zero-order chi connectivity index (χ0) is 63.9. The minimum Gasteiger partial charge on any atom is -0.396 e. The van der Waals surface area contributed by atoms with E-state index in [-0.39, 0.29) is 43.4 Å². The molecule has 6 N–H and O–H groups in total. The summed E-state index contributed by atoms with van der Waals surface area (Å²) in [7, 11) is 9.66. The van der Waals surface area contributed by atoms with Crippen molar-refractivity contribution in [3.05, 3.63) is 0 Å². The van der Waals surface area contributed by atoms with Gasteiger partial charge in [-0.25, -0.2) is 0 Å². The molecule has 0 spiro atoms. The monoisotopic (exact) mass is 1160 g/mol. The number of aliphatic hydroxyl groups excluding tert-OH is 2. The van der Waals surface area contributed by atoms with Crippen LogP contribution in [-0.4, -0.2) is 238 Å². The first-order valence-corrected chi connectivity index (χ1v) is 29.1. The van der Waals surface area contributed by atoms with E-state index in [9.17, 15) is 63.0 Å². The quantitative estimate of drug-likeness (QED) is 0.150. The number of carbonyl (C=O) groups is 11. The maximum atomic E-state index is 15.0. The number of carbonyl (C=O) groups excluding carboxylic acids is 11. The normalized spacial score (nSPS) is 27.4. The molecule has 1 heterocycles. The minimum atomic E-state index is -1.74. The first kappa shape index (κ1) is 74.1. The van der Waals surface area contributed by atoms with Crippen molar-refractivity contribution in [2.24, 2.45) is 41.4 Å². The highest BCUT2D eigenvalue weighted by atomic mass is 16.3. The molecule has 0 aliphatic carbocycles. The SMILES string of the molecule is CC[C@@H]1NC(=O)[C@H]([C@H](O)[C@H](C)CO)N(C)C(=O)[C@H](C(C)C)N(C)C(=O)[C@H](CC(C)C)N(C)C(=O)[C@H](CC(C)C)N(C)C(=O)[C@@H](C)NC(=O)[C@H](C)NC(=O)[C@H](CC(C)C)N(C)C(=O)[C@H](C(C)C)NC(=O)[C@H](C(C)C)N(C)C(=O)CN(C)C1=O. The fraction of sp³-hybridized carbons (Fsp3) is 0.810. The average molecular weight is 1160 g/mol. The molecule has 24 heteroatoms. The van der Waals surface area contributed by atoms with Gasteiger partial charge in [0.2, 0.25) is 65.0 Å². The Morgan fingerprint density at radius 2 is 0.854 bits per heavy atom. The third-order valence-corrected chi connectivity index (χ3v) is 15.5. The standard InChI is InChI=1S/C58H105N11O13/c1-24-39-54(78)63(17)28-43(71)67(21)45(34(10)11)51(75)62-44(33(8)9)57(81)64(18)40(25-30(2)3)50(74)59-37(15)49(73)60-38(16)53(77)65(19)41(26-31(4)5)55(79)66(20)42(27-32(6)7)56(80)68(22)46(35(12)13)58(82)69(23)47(52(76)61-39)48(72)36(14)29-70/h30-42,44-48,70,72H,24-29H2,1-23H3,(H,59,74)(H,60,73)(H,61,76)(H,62,75)/t36-,37+,38-,39+,40+,41+,42+,44+,45+,46+,47+,48-/m1/s1. The van der Waals surface area contributed by atoms with E-state index in [0.717, 1.165) is 14.7 Å². The lowest BCUT2D eigenvalue weighted by Crippen LogP contribution is -2.63. The molecule has 1 rings (SSSR count). The maximum absolute atomic E-state index is 15.0. The van der Waals surface area contributed by atoms with Crippen LogP contribution in [0.4, 0.5) is 0 Å². The van der Waals surface area contributed by atoms with E-state index in [4.69, 9.17) is 0 Å². The summed E-state index contributed by atoms with van der Waals surface area (Å²) in [6.45, 7) is 26.0. The Bertz CT molecular complexity index is 2230. The van der Waals surface area contributed by atoms with Crippen LogP contribution in [0.25, 0.3) is 0 Å². The summed E-state index contributed by atoms with van der Waals surface area (Å²) in [6, 6.07) is -12.7. The number of hydrogen-bond acceptors (Lipinski definition) is 13. The number of amides is 11. The lowest BCUT2D eigenvalue weighted by atomic mass is 9.93. The highest BCUT2D eigenvalue weighted by Crippen LogP contribution is 2.25. The van der Waals surface area contributed by atoms with Crippen LogP contribution >= 0.6 is 0 Å². The zero-order valence-corrected chi connectivity index (χ0v) is 53.7. The topological polar surface area (TPSA) is 299 Å². The highest BCUT2D eigenvalue weighted by molar-refractivity contribution is 5.99. The molecule has 11 amide bonds. The van der Waals surface area contributed by atoms with Crippen LogP contribution in [0.5, 0.6) is 0 Å². The average Bonchev–Trinajstić information content (AvgIpc) is 3.51. The van der Waals surface area contributed by atoms with Crippen LogP contribution in [-0.2, 0) is 52.7 Å². The van der Waals surface area contributed by atoms with Gasteiger partial charge in [0.25, 0.3) is 0 Å². The number of hydrogen-bond donors (Lipinski definition) is 6. The van der Waals surface area contributed by atoms with Crippen LogP contribution < -0.4 is 21.3 Å². The van der Waals surface area contributed by atoms with Gasteiger partial charge in [0.1, 0.15) is 60.4 Å². The van der Waals surface area contributed by atoms with Gasteiger partial charge in [0.15, 0.2) is 0 Å². The van der Waals surface area contributed by atoms with E-state index in [1.165, 1.54) is 89.7 Å². The second-order valence-corrected chi connectivity index (χ2v) is 25.0. The van der Waals surface area contributed by atoms with Crippen molar-refractivity contribution in [3.63, 3.8) is 0 Å². The van der Waals surface area contributed by atoms with E-state index in [1.54, 1.807) is 48.5 Å². The highest BCUT2D eigenvalue weighted by Gasteiger charge is 2.46. The number of nitrogens with zero attached hydrogens (tertiary/aromatic N) is 7. The molecular formula is C58H105N11O13. The molecule has 1 aliphatic heterocycles. The molecule has 0 bridgehead atoms. The summed E-state index contributed by atoms with van der Waals surface area (Å²) in [4.78, 5) is 167. The number of rotatable bonds is 13. The molecule has 24 nitrogen and oxygen atoms in total. The Labute approximate surface area is 488 Å². The van der Waals surface area contributed by atoms with Gasteiger partial charge in [-0.05, 0) is 75.0 Å². The first-order chi connectivity index (χ1) is 37.7. The van der Waals surface area contributed by atoms with Crippen LogP contribution in [0.2, 0.25) is 0 Å². The van der Waals surface area contributed by atoms with Crippen molar-refractivity contribution >= 4 is 65.0 Å². The second-order valence-electron chi connectivity index (χ2n) is 25.0. The van der Waals surface area contributed by atoms with Gasteiger partial charge in [0.05, 0.1) is 12.6 Å². The predicted octanol–water partition coefficient (Wildman–Crippen LogP) is 0.905. The largest absolute Gasteiger partial charge is 0.396 e. The molecule has 0 aromatic carbocycles. The molecule has 1 saturated heterocycles. The summed E-state index contributed by atoms with van der Waals surface area (Å²) < 4.78 is 0. The van der Waals surface area contributed by atoms with Crippen LogP contribution in [0.15, 0.2) is 0 Å². The van der Waals surface area contributed by atoms with Gasteiger partial charge >= 0.3 is 0 Å². The minimum absolute atomic E-state index is 0.0187. The molecule has 0 unspecified atom stereocenters. The van der Waals surface area contributed by atoms with Crippen LogP contribution in [0.1, 0.15) is 136 Å². The van der Waals surface area contributed by atoms with Crippen molar-refractivity contribution < 1.29 is 63.0 Å². The molecule has 1 fully saturated rings. The Hall–Kier alpha value is -5.91. The Balaban J connectivity index is 4.26. The molecule has 1 aliphatic rings. The van der Waals surface area contributed by atoms with Crippen molar-refractivity contribution in [1.82, 2.24) is 55.6 Å². The first-order valence-electron chi connectivity index (χ1n) is 29.1. The van der Waals surface area contributed by atoms with Crippen molar-refractivity contribution in [3.8, 4) is 0 Å². The predicted molar refractivity (Wildman–Crippen MR) is 311 cm³/mol.